The lowest BCUT2D eigenvalue weighted by Gasteiger charge is -2.08. The Balaban J connectivity index is 2.82. The smallest absolute Gasteiger partial charge is 0.229 e. The number of sulfonamides is 2. The molecule has 1 aromatic rings. The van der Waals surface area contributed by atoms with E-state index in [0.717, 1.165) is 6.07 Å². The van der Waals surface area contributed by atoms with Gasteiger partial charge in [0.25, 0.3) is 0 Å². The van der Waals surface area contributed by atoms with Gasteiger partial charge in [-0.1, -0.05) is 11.6 Å². The van der Waals surface area contributed by atoms with Crippen LogP contribution in [0.5, 0.6) is 0 Å². The fourth-order valence-electron chi connectivity index (χ4n) is 1.34. The topological polar surface area (TPSA) is 130 Å². The number of primary sulfonamides is 1. The zero-order valence-corrected chi connectivity index (χ0v) is 12.6. The van der Waals surface area contributed by atoms with Gasteiger partial charge in [-0.05, 0) is 24.6 Å². The molecule has 0 heterocycles. The van der Waals surface area contributed by atoms with E-state index in [1.165, 1.54) is 12.1 Å². The van der Waals surface area contributed by atoms with Crippen LogP contribution in [-0.4, -0.2) is 29.1 Å². The van der Waals surface area contributed by atoms with Crippen LogP contribution in [0.3, 0.4) is 0 Å². The highest BCUT2D eigenvalue weighted by molar-refractivity contribution is 7.89. The molecule has 0 saturated heterocycles. The van der Waals surface area contributed by atoms with Gasteiger partial charge in [-0.2, -0.15) is 5.26 Å². The van der Waals surface area contributed by atoms with E-state index >= 15 is 0 Å². The normalized spacial score (nSPS) is 12.1. The molecular formula is C10H12ClN3O4S2. The van der Waals surface area contributed by atoms with Crippen molar-refractivity contribution in [3.63, 3.8) is 0 Å². The van der Waals surface area contributed by atoms with Crippen molar-refractivity contribution >= 4 is 31.6 Å². The molecule has 0 fully saturated rings. The lowest BCUT2D eigenvalue weighted by atomic mass is 10.2. The minimum absolute atomic E-state index is 0.0250. The molecular weight excluding hydrogens is 326 g/mol. The molecule has 10 heteroatoms. The maximum absolute atomic E-state index is 12.0. The summed E-state index contributed by atoms with van der Waals surface area (Å²) in [7, 11) is -7.54. The van der Waals surface area contributed by atoms with Gasteiger partial charge in [0.05, 0.1) is 22.4 Å². The summed E-state index contributed by atoms with van der Waals surface area (Å²) < 4.78 is 47.5. The summed E-state index contributed by atoms with van der Waals surface area (Å²) in [6, 6.07) is 5.65. The predicted molar refractivity (Wildman–Crippen MR) is 73.9 cm³/mol. The van der Waals surface area contributed by atoms with Gasteiger partial charge in [0, 0.05) is 6.54 Å². The summed E-state index contributed by atoms with van der Waals surface area (Å²) in [5.74, 6) is -0.332. The fraction of sp³-hybridized carbons (Fsp3) is 0.300. The van der Waals surface area contributed by atoms with Gasteiger partial charge in [-0.25, -0.2) is 26.7 Å². The van der Waals surface area contributed by atoms with Crippen molar-refractivity contribution in [3.05, 3.63) is 28.8 Å². The standard InChI is InChI=1S/C10H12ClN3O4S2/c11-9-3-2-8(7-12)6-10(9)20(17,18)14-4-1-5-19(13,15)16/h2-3,6,14H,1,4-5H2,(H2,13,15,16). The molecule has 0 aromatic heterocycles. The van der Waals surface area contributed by atoms with Crippen LogP contribution in [-0.2, 0) is 20.0 Å². The third-order valence-corrected chi connectivity index (χ3v) is 5.05. The average molecular weight is 338 g/mol. The van der Waals surface area contributed by atoms with Crippen LogP contribution in [0.25, 0.3) is 0 Å². The van der Waals surface area contributed by atoms with Crippen molar-refractivity contribution in [2.24, 2.45) is 5.14 Å². The summed E-state index contributed by atoms with van der Waals surface area (Å²) in [4.78, 5) is -0.228. The first-order valence-corrected chi connectivity index (χ1v) is 8.93. The second kappa shape index (κ2) is 6.51. The number of nitrogens with zero attached hydrogens (tertiary/aromatic N) is 1. The van der Waals surface area contributed by atoms with Crippen LogP contribution >= 0.6 is 11.6 Å². The molecule has 0 radical (unpaired) electrons. The quantitative estimate of drug-likeness (QED) is 0.714. The van der Waals surface area contributed by atoms with Crippen LogP contribution in [0.2, 0.25) is 5.02 Å². The van der Waals surface area contributed by atoms with Crippen molar-refractivity contribution < 1.29 is 16.8 Å². The van der Waals surface area contributed by atoms with Crippen LogP contribution in [0, 0.1) is 11.3 Å². The van der Waals surface area contributed by atoms with E-state index < -0.39 is 20.0 Å². The molecule has 7 nitrogen and oxygen atoms in total. The number of rotatable bonds is 6. The maximum atomic E-state index is 12.0. The van der Waals surface area contributed by atoms with Crippen LogP contribution in [0.1, 0.15) is 12.0 Å². The first-order chi connectivity index (χ1) is 9.15. The molecule has 0 bridgehead atoms. The molecule has 0 aliphatic carbocycles. The van der Waals surface area contributed by atoms with Crippen molar-refractivity contribution in [2.45, 2.75) is 11.3 Å². The Kier molecular flexibility index (Phi) is 5.50. The van der Waals surface area contributed by atoms with Gasteiger partial charge in [-0.15, -0.1) is 0 Å². The molecule has 1 aromatic carbocycles. The van der Waals surface area contributed by atoms with Crippen LogP contribution in [0.15, 0.2) is 23.1 Å². The molecule has 0 aliphatic heterocycles. The molecule has 0 amide bonds. The van der Waals surface area contributed by atoms with Crippen molar-refractivity contribution in [2.75, 3.05) is 12.3 Å². The Morgan fingerprint density at radius 3 is 2.50 bits per heavy atom. The summed E-state index contributed by atoms with van der Waals surface area (Å²) in [6.45, 7) is -0.105. The number of hydrogen-bond donors (Lipinski definition) is 2. The van der Waals surface area contributed by atoms with Crippen molar-refractivity contribution in [1.29, 1.82) is 5.26 Å². The van der Waals surface area contributed by atoms with E-state index in [2.05, 4.69) is 4.72 Å². The van der Waals surface area contributed by atoms with Crippen molar-refractivity contribution in [3.8, 4) is 6.07 Å². The van der Waals surface area contributed by atoms with Gasteiger partial charge in [0.2, 0.25) is 20.0 Å². The van der Waals surface area contributed by atoms with Gasteiger partial charge in [-0.3, -0.25) is 0 Å². The average Bonchev–Trinajstić information content (AvgIpc) is 2.34. The number of halogens is 1. The second-order valence-corrected chi connectivity index (χ2v) is 7.75. The Morgan fingerprint density at radius 1 is 1.30 bits per heavy atom. The number of nitriles is 1. The van der Waals surface area contributed by atoms with E-state index in [0.29, 0.717) is 0 Å². The molecule has 110 valence electrons. The fourth-order valence-corrected chi connectivity index (χ4v) is 3.48. The monoisotopic (exact) mass is 337 g/mol. The first kappa shape index (κ1) is 16.9. The minimum atomic E-state index is -3.91. The molecule has 0 spiro atoms. The molecule has 1 rings (SSSR count). The third kappa shape index (κ3) is 5.07. The largest absolute Gasteiger partial charge is 0.242 e. The third-order valence-electron chi connectivity index (χ3n) is 2.25. The number of benzene rings is 1. The second-order valence-electron chi connectivity index (χ2n) is 3.88. The zero-order valence-electron chi connectivity index (χ0n) is 10.2. The summed E-state index contributed by atoms with van der Waals surface area (Å²) >= 11 is 5.78. The molecule has 0 unspecified atom stereocenters. The number of hydrogen-bond acceptors (Lipinski definition) is 5. The summed E-state index contributed by atoms with van der Waals surface area (Å²) in [5.41, 5.74) is 0.152. The Morgan fingerprint density at radius 2 is 1.95 bits per heavy atom. The Hall–Kier alpha value is -1.18. The molecule has 0 saturated carbocycles. The molecule has 20 heavy (non-hydrogen) atoms. The van der Waals surface area contributed by atoms with E-state index in [4.69, 9.17) is 22.0 Å². The highest BCUT2D eigenvalue weighted by Crippen LogP contribution is 2.22. The lowest BCUT2D eigenvalue weighted by molar-refractivity contribution is 0.576. The molecule has 0 aliphatic rings. The highest BCUT2D eigenvalue weighted by Gasteiger charge is 2.18. The summed E-state index contributed by atoms with van der Waals surface area (Å²) in [5, 5.41) is 13.5. The van der Waals surface area contributed by atoms with Crippen LogP contribution < -0.4 is 9.86 Å². The molecule has 3 N–H and O–H groups in total. The van der Waals surface area contributed by atoms with Gasteiger partial charge in [0.15, 0.2) is 0 Å². The Labute approximate surface area is 122 Å². The van der Waals surface area contributed by atoms with Crippen LogP contribution in [0.4, 0.5) is 0 Å². The van der Waals surface area contributed by atoms with E-state index in [1.807, 2.05) is 6.07 Å². The SMILES string of the molecule is N#Cc1ccc(Cl)c(S(=O)(=O)NCCCS(N)(=O)=O)c1. The predicted octanol–water partition coefficient (Wildman–Crippen LogP) is 0.169. The van der Waals surface area contributed by atoms with Gasteiger partial charge >= 0.3 is 0 Å². The first-order valence-electron chi connectivity index (χ1n) is 5.35. The van der Waals surface area contributed by atoms with E-state index in [-0.39, 0.29) is 34.2 Å². The summed E-state index contributed by atoms with van der Waals surface area (Å²) in [6.07, 6.45) is 0.0353. The van der Waals surface area contributed by atoms with Gasteiger partial charge in [0.1, 0.15) is 4.90 Å². The molecule has 0 atom stereocenters. The van der Waals surface area contributed by atoms with E-state index in [1.54, 1.807) is 0 Å². The minimum Gasteiger partial charge on any atom is -0.229 e. The van der Waals surface area contributed by atoms with E-state index in [9.17, 15) is 16.8 Å². The Bertz CT molecular complexity index is 738. The maximum Gasteiger partial charge on any atom is 0.242 e. The lowest BCUT2D eigenvalue weighted by Crippen LogP contribution is -2.27. The number of nitrogens with two attached hydrogens (primary N) is 1. The highest BCUT2D eigenvalue weighted by atomic mass is 35.5. The van der Waals surface area contributed by atoms with Gasteiger partial charge < -0.3 is 0 Å². The zero-order chi connectivity index (χ0) is 15.4. The van der Waals surface area contributed by atoms with Crippen molar-refractivity contribution in [1.82, 2.24) is 4.72 Å². The number of nitrogens with one attached hydrogen (secondary N) is 1.